The molecule has 1 amide bonds. The number of amides is 1. The van der Waals surface area contributed by atoms with Crippen molar-refractivity contribution < 1.29 is 19.4 Å². The van der Waals surface area contributed by atoms with Gasteiger partial charge in [-0.05, 0) is 31.4 Å². The van der Waals surface area contributed by atoms with Crippen molar-refractivity contribution in [3.63, 3.8) is 0 Å². The highest BCUT2D eigenvalue weighted by atomic mass is 16.5. The second kappa shape index (κ2) is 8.04. The first kappa shape index (κ1) is 18.0. The number of fused-ring (bicyclic) bond motifs is 1. The molecule has 0 radical (unpaired) electrons. The normalized spacial score (nSPS) is 16.9. The van der Waals surface area contributed by atoms with Gasteiger partial charge in [0.1, 0.15) is 5.75 Å². The lowest BCUT2D eigenvalue weighted by atomic mass is 9.92. The van der Waals surface area contributed by atoms with E-state index >= 15 is 0 Å². The first-order chi connectivity index (χ1) is 12.5. The first-order valence-electron chi connectivity index (χ1n) is 8.82. The molecule has 0 saturated carbocycles. The Morgan fingerprint density at radius 2 is 2.04 bits per heavy atom. The second-order valence-corrected chi connectivity index (χ2v) is 6.70. The van der Waals surface area contributed by atoms with Crippen LogP contribution in [-0.2, 0) is 16.0 Å². The van der Waals surface area contributed by atoms with Gasteiger partial charge in [0.05, 0.1) is 18.4 Å². The Balaban J connectivity index is 1.64. The highest BCUT2D eigenvalue weighted by Crippen LogP contribution is 2.33. The zero-order chi connectivity index (χ0) is 18.5. The molecule has 0 aromatic heterocycles. The number of aliphatic carboxylic acids is 1. The SMILES string of the molecule is Cc1cccc(C[C@@H](CNC(=O)[C@@H]2CCOc3ccccc32)C(=O)O)c1. The highest BCUT2D eigenvalue weighted by Gasteiger charge is 2.28. The Kier molecular flexibility index (Phi) is 5.56. The minimum atomic E-state index is -0.904. The van der Waals surface area contributed by atoms with E-state index in [9.17, 15) is 14.7 Å². The third-order valence-corrected chi connectivity index (χ3v) is 4.71. The van der Waals surface area contributed by atoms with Crippen LogP contribution in [0.3, 0.4) is 0 Å². The summed E-state index contributed by atoms with van der Waals surface area (Å²) in [5.74, 6) is -1.27. The molecule has 1 aliphatic rings. The molecular formula is C21H23NO4. The van der Waals surface area contributed by atoms with Gasteiger partial charge in [0.2, 0.25) is 5.91 Å². The molecule has 136 valence electrons. The molecule has 0 saturated heterocycles. The summed E-state index contributed by atoms with van der Waals surface area (Å²) in [6.07, 6.45) is 0.986. The smallest absolute Gasteiger partial charge is 0.308 e. The number of hydrogen-bond acceptors (Lipinski definition) is 3. The molecule has 5 heteroatoms. The summed E-state index contributed by atoms with van der Waals surface area (Å²) in [5, 5.41) is 12.3. The van der Waals surface area contributed by atoms with Crippen molar-refractivity contribution in [1.29, 1.82) is 0 Å². The van der Waals surface area contributed by atoms with E-state index in [1.165, 1.54) is 0 Å². The van der Waals surface area contributed by atoms with Gasteiger partial charge in [-0.2, -0.15) is 0 Å². The van der Waals surface area contributed by atoms with Gasteiger partial charge in [-0.15, -0.1) is 0 Å². The van der Waals surface area contributed by atoms with Crippen LogP contribution in [0.5, 0.6) is 5.75 Å². The summed E-state index contributed by atoms with van der Waals surface area (Å²) in [5.41, 5.74) is 2.92. The van der Waals surface area contributed by atoms with Crippen molar-refractivity contribution in [3.05, 3.63) is 65.2 Å². The number of benzene rings is 2. The third kappa shape index (κ3) is 4.23. The summed E-state index contributed by atoms with van der Waals surface area (Å²) in [6, 6.07) is 15.3. The van der Waals surface area contributed by atoms with Crippen LogP contribution >= 0.6 is 0 Å². The Labute approximate surface area is 153 Å². The molecule has 0 aliphatic carbocycles. The molecule has 0 bridgehead atoms. The maximum absolute atomic E-state index is 12.6. The molecule has 1 aliphatic heterocycles. The topological polar surface area (TPSA) is 75.6 Å². The van der Waals surface area contributed by atoms with Crippen molar-refractivity contribution in [2.24, 2.45) is 5.92 Å². The van der Waals surface area contributed by atoms with Gasteiger partial charge < -0.3 is 15.2 Å². The van der Waals surface area contributed by atoms with Crippen molar-refractivity contribution in [3.8, 4) is 5.75 Å². The highest BCUT2D eigenvalue weighted by molar-refractivity contribution is 5.85. The molecule has 0 unspecified atom stereocenters. The number of nitrogens with one attached hydrogen (secondary N) is 1. The standard InChI is InChI=1S/C21H23NO4/c1-14-5-4-6-15(11-14)12-16(21(24)25)13-22-20(23)18-9-10-26-19-8-3-2-7-17(18)19/h2-8,11,16,18H,9-10,12-13H2,1H3,(H,22,23)(H,24,25)/t16-,18+/m0/s1. The van der Waals surface area contributed by atoms with E-state index in [1.807, 2.05) is 55.5 Å². The number of carbonyl (C=O) groups excluding carboxylic acids is 1. The maximum Gasteiger partial charge on any atom is 0.308 e. The van der Waals surface area contributed by atoms with Crippen LogP contribution in [0.25, 0.3) is 0 Å². The number of hydrogen-bond donors (Lipinski definition) is 2. The van der Waals surface area contributed by atoms with Crippen molar-refractivity contribution in [1.82, 2.24) is 5.32 Å². The summed E-state index contributed by atoms with van der Waals surface area (Å²) in [4.78, 5) is 24.2. The summed E-state index contributed by atoms with van der Waals surface area (Å²) in [7, 11) is 0. The number of rotatable bonds is 6. The number of carbonyl (C=O) groups is 2. The van der Waals surface area contributed by atoms with E-state index in [0.717, 1.165) is 22.4 Å². The Morgan fingerprint density at radius 3 is 2.81 bits per heavy atom. The van der Waals surface area contributed by atoms with Gasteiger partial charge >= 0.3 is 5.97 Å². The predicted octanol–water partition coefficient (Wildman–Crippen LogP) is 2.92. The molecule has 2 atom stereocenters. The molecule has 0 fully saturated rings. The van der Waals surface area contributed by atoms with Crippen molar-refractivity contribution >= 4 is 11.9 Å². The largest absolute Gasteiger partial charge is 0.493 e. The monoisotopic (exact) mass is 353 g/mol. The lowest BCUT2D eigenvalue weighted by Gasteiger charge is -2.25. The molecule has 3 rings (SSSR count). The van der Waals surface area contributed by atoms with Gasteiger partial charge in [-0.25, -0.2) is 0 Å². The van der Waals surface area contributed by atoms with Gasteiger partial charge in [0, 0.05) is 12.1 Å². The predicted molar refractivity (Wildman–Crippen MR) is 98.3 cm³/mol. The maximum atomic E-state index is 12.6. The van der Waals surface area contributed by atoms with Crippen molar-refractivity contribution in [2.45, 2.75) is 25.7 Å². The number of aryl methyl sites for hydroxylation is 1. The second-order valence-electron chi connectivity index (χ2n) is 6.70. The van der Waals surface area contributed by atoms with Crippen LogP contribution in [0.1, 0.15) is 29.0 Å². The van der Waals surface area contributed by atoms with Crippen LogP contribution in [0.15, 0.2) is 48.5 Å². The Hall–Kier alpha value is -2.82. The molecule has 1 heterocycles. The molecule has 0 spiro atoms. The van der Waals surface area contributed by atoms with Gasteiger partial charge in [-0.3, -0.25) is 9.59 Å². The van der Waals surface area contributed by atoms with E-state index in [0.29, 0.717) is 19.4 Å². The quantitative estimate of drug-likeness (QED) is 0.837. The van der Waals surface area contributed by atoms with Crippen LogP contribution in [0.4, 0.5) is 0 Å². The fourth-order valence-corrected chi connectivity index (χ4v) is 3.33. The van der Waals surface area contributed by atoms with Crippen LogP contribution in [-0.4, -0.2) is 30.1 Å². The van der Waals surface area contributed by atoms with Gasteiger partial charge in [0.25, 0.3) is 0 Å². The number of ether oxygens (including phenoxy) is 1. The van der Waals surface area contributed by atoms with E-state index < -0.39 is 11.9 Å². The number of para-hydroxylation sites is 1. The average Bonchev–Trinajstić information content (AvgIpc) is 2.64. The van der Waals surface area contributed by atoms with Crippen molar-refractivity contribution in [2.75, 3.05) is 13.2 Å². The fraction of sp³-hybridized carbons (Fsp3) is 0.333. The summed E-state index contributed by atoms with van der Waals surface area (Å²) in [6.45, 7) is 2.58. The molecule has 2 aromatic carbocycles. The number of carboxylic acids is 1. The molecule has 2 N–H and O–H groups in total. The first-order valence-corrected chi connectivity index (χ1v) is 8.82. The minimum Gasteiger partial charge on any atom is -0.493 e. The number of carboxylic acid groups (broad SMARTS) is 1. The zero-order valence-electron chi connectivity index (χ0n) is 14.8. The Bertz CT molecular complexity index is 802. The van der Waals surface area contributed by atoms with E-state index in [4.69, 9.17) is 4.74 Å². The van der Waals surface area contributed by atoms with Gasteiger partial charge in [-0.1, -0.05) is 48.0 Å². The van der Waals surface area contributed by atoms with Crippen LogP contribution in [0.2, 0.25) is 0 Å². The lowest BCUT2D eigenvalue weighted by molar-refractivity contribution is -0.141. The zero-order valence-corrected chi connectivity index (χ0v) is 14.8. The van der Waals surface area contributed by atoms with E-state index in [-0.39, 0.29) is 18.4 Å². The third-order valence-electron chi connectivity index (χ3n) is 4.71. The summed E-state index contributed by atoms with van der Waals surface area (Å²) >= 11 is 0. The molecule has 2 aromatic rings. The van der Waals surface area contributed by atoms with E-state index in [1.54, 1.807) is 0 Å². The van der Waals surface area contributed by atoms with Gasteiger partial charge in [0.15, 0.2) is 0 Å². The van der Waals surface area contributed by atoms with Crippen LogP contribution < -0.4 is 10.1 Å². The lowest BCUT2D eigenvalue weighted by Crippen LogP contribution is -2.38. The minimum absolute atomic E-state index is 0.113. The summed E-state index contributed by atoms with van der Waals surface area (Å²) < 4.78 is 5.58. The average molecular weight is 353 g/mol. The molecule has 26 heavy (non-hydrogen) atoms. The van der Waals surface area contributed by atoms with E-state index in [2.05, 4.69) is 5.32 Å². The molecule has 5 nitrogen and oxygen atoms in total. The molecular weight excluding hydrogens is 330 g/mol. The Morgan fingerprint density at radius 1 is 1.23 bits per heavy atom. The fourth-order valence-electron chi connectivity index (χ4n) is 3.33. The van der Waals surface area contributed by atoms with Crippen LogP contribution in [0, 0.1) is 12.8 Å².